The van der Waals surface area contributed by atoms with E-state index in [9.17, 15) is 0 Å². The number of hydrogen-bond acceptors (Lipinski definition) is 3. The highest BCUT2D eigenvalue weighted by Gasteiger charge is 2.26. The summed E-state index contributed by atoms with van der Waals surface area (Å²) >= 11 is 0. The summed E-state index contributed by atoms with van der Waals surface area (Å²) in [5.74, 6) is 3.41. The third-order valence-corrected chi connectivity index (χ3v) is 5.33. The Kier molecular flexibility index (Phi) is 5.05. The van der Waals surface area contributed by atoms with Crippen LogP contribution in [0, 0.1) is 0 Å². The van der Waals surface area contributed by atoms with Crippen LogP contribution in [0.2, 0.25) is 0 Å². The third-order valence-electron chi connectivity index (χ3n) is 5.33. The lowest BCUT2D eigenvalue weighted by Crippen LogP contribution is -2.13. The second-order valence-electron chi connectivity index (χ2n) is 7.02. The molecule has 1 unspecified atom stereocenters. The van der Waals surface area contributed by atoms with Gasteiger partial charge in [-0.3, -0.25) is 4.98 Å². The molecule has 134 valence electrons. The Hall–Kier alpha value is -2.55. The van der Waals surface area contributed by atoms with Gasteiger partial charge in [-0.2, -0.15) is 0 Å². The number of benzene rings is 1. The Balaban J connectivity index is 1.60. The first-order valence-electron chi connectivity index (χ1n) is 9.48. The first-order valence-corrected chi connectivity index (χ1v) is 9.48. The van der Waals surface area contributed by atoms with Gasteiger partial charge in [0.1, 0.15) is 17.3 Å². The predicted octanol–water partition coefficient (Wildman–Crippen LogP) is 5.85. The number of pyridine rings is 1. The molecule has 1 aromatic heterocycles. The molecule has 0 N–H and O–H groups in total. The smallest absolute Gasteiger partial charge is 0.130 e. The van der Waals surface area contributed by atoms with E-state index < -0.39 is 0 Å². The van der Waals surface area contributed by atoms with Gasteiger partial charge in [-0.25, -0.2) is 0 Å². The van der Waals surface area contributed by atoms with E-state index >= 15 is 0 Å². The Morgan fingerprint density at radius 2 is 2.08 bits per heavy atom. The zero-order valence-electron chi connectivity index (χ0n) is 15.3. The summed E-state index contributed by atoms with van der Waals surface area (Å²) < 4.78 is 11.9. The summed E-state index contributed by atoms with van der Waals surface area (Å²) in [6, 6.07) is 14.3. The molecular weight excluding hydrogens is 322 g/mol. The largest absolute Gasteiger partial charge is 0.497 e. The monoisotopic (exact) mass is 347 g/mol. The average Bonchev–Trinajstić information content (AvgIpc) is 2.69. The van der Waals surface area contributed by atoms with Crippen LogP contribution in [-0.4, -0.2) is 12.1 Å². The quantitative estimate of drug-likeness (QED) is 0.697. The van der Waals surface area contributed by atoms with Crippen LogP contribution in [0.15, 0.2) is 66.1 Å². The lowest BCUT2D eigenvalue weighted by Gasteiger charge is -2.29. The zero-order valence-corrected chi connectivity index (χ0v) is 15.3. The fourth-order valence-electron chi connectivity index (χ4n) is 3.88. The van der Waals surface area contributed by atoms with Gasteiger partial charge in [0.2, 0.25) is 0 Å². The fraction of sp³-hybridized carbons (Fsp3) is 0.348. The summed E-state index contributed by atoms with van der Waals surface area (Å²) in [6.45, 7) is 0. The molecular formula is C23H25NO2. The van der Waals surface area contributed by atoms with Crippen molar-refractivity contribution in [2.75, 3.05) is 7.11 Å². The summed E-state index contributed by atoms with van der Waals surface area (Å²) in [5, 5.41) is 0. The summed E-state index contributed by atoms with van der Waals surface area (Å²) in [6.07, 6.45) is 10.7. The van der Waals surface area contributed by atoms with Crippen molar-refractivity contribution in [3.8, 4) is 5.75 Å². The van der Waals surface area contributed by atoms with E-state index in [4.69, 9.17) is 9.47 Å². The van der Waals surface area contributed by atoms with Crippen LogP contribution in [0.25, 0.3) is 5.76 Å². The lowest BCUT2D eigenvalue weighted by molar-refractivity contribution is 0.315. The highest BCUT2D eigenvalue weighted by molar-refractivity contribution is 5.62. The number of allylic oxidation sites excluding steroid dienone is 3. The second kappa shape index (κ2) is 7.77. The van der Waals surface area contributed by atoms with Gasteiger partial charge in [0.25, 0.3) is 0 Å². The van der Waals surface area contributed by atoms with Crippen molar-refractivity contribution in [1.82, 2.24) is 4.98 Å². The molecule has 3 nitrogen and oxygen atoms in total. The van der Waals surface area contributed by atoms with E-state index in [0.29, 0.717) is 5.92 Å². The highest BCUT2D eigenvalue weighted by Crippen LogP contribution is 2.41. The van der Waals surface area contributed by atoms with Gasteiger partial charge in [0.05, 0.1) is 7.11 Å². The molecule has 0 bridgehead atoms. The van der Waals surface area contributed by atoms with Crippen LogP contribution in [0.1, 0.15) is 55.7 Å². The first-order chi connectivity index (χ1) is 12.8. The van der Waals surface area contributed by atoms with E-state index in [1.54, 1.807) is 7.11 Å². The van der Waals surface area contributed by atoms with Gasteiger partial charge in [-0.15, -0.1) is 0 Å². The standard InChI is InChI=1S/C23H25NO2/c1-25-20-9-6-8-19(15-20)22-11-3-2-7-17-12-13-18(16-23(17)26-22)21-10-4-5-14-24-21/h4-6,8-11,14-15,18H,2-3,7,12-13,16H2,1H3. The van der Waals surface area contributed by atoms with E-state index in [1.807, 2.05) is 30.5 Å². The maximum Gasteiger partial charge on any atom is 0.130 e. The van der Waals surface area contributed by atoms with Gasteiger partial charge in [-0.05, 0) is 68.0 Å². The molecule has 3 heteroatoms. The molecule has 4 rings (SSSR count). The molecule has 2 heterocycles. The molecule has 0 saturated carbocycles. The number of nitrogens with zero attached hydrogens (tertiary/aromatic N) is 1. The normalized spacial score (nSPS) is 20.3. The minimum absolute atomic E-state index is 0.445. The first kappa shape index (κ1) is 16.9. The minimum Gasteiger partial charge on any atom is -0.497 e. The molecule has 0 spiro atoms. The Labute approximate surface area is 155 Å². The van der Waals surface area contributed by atoms with Crippen molar-refractivity contribution >= 4 is 5.76 Å². The van der Waals surface area contributed by atoms with Crippen molar-refractivity contribution in [1.29, 1.82) is 0 Å². The van der Waals surface area contributed by atoms with Crippen molar-refractivity contribution < 1.29 is 9.47 Å². The van der Waals surface area contributed by atoms with Gasteiger partial charge >= 0.3 is 0 Å². The number of aromatic nitrogens is 1. The number of hydrogen-bond donors (Lipinski definition) is 0. The van der Waals surface area contributed by atoms with Gasteiger partial charge in [-0.1, -0.05) is 18.2 Å². The Morgan fingerprint density at radius 1 is 1.12 bits per heavy atom. The summed E-state index contributed by atoms with van der Waals surface area (Å²) in [7, 11) is 1.70. The van der Waals surface area contributed by atoms with Gasteiger partial charge < -0.3 is 9.47 Å². The van der Waals surface area contributed by atoms with E-state index in [-0.39, 0.29) is 0 Å². The van der Waals surface area contributed by atoms with E-state index in [2.05, 4.69) is 29.3 Å². The molecule has 0 radical (unpaired) electrons. The molecule has 2 aliphatic rings. The molecule has 1 aliphatic heterocycles. The molecule has 26 heavy (non-hydrogen) atoms. The minimum atomic E-state index is 0.445. The average molecular weight is 347 g/mol. The maximum atomic E-state index is 6.49. The number of methoxy groups -OCH3 is 1. The van der Waals surface area contributed by atoms with Crippen LogP contribution in [0.3, 0.4) is 0 Å². The third kappa shape index (κ3) is 3.67. The second-order valence-corrected chi connectivity index (χ2v) is 7.02. The molecule has 1 aliphatic carbocycles. The summed E-state index contributed by atoms with van der Waals surface area (Å²) in [5.41, 5.74) is 3.75. The number of ether oxygens (including phenoxy) is 2. The number of rotatable bonds is 3. The van der Waals surface area contributed by atoms with Crippen LogP contribution in [0.5, 0.6) is 5.75 Å². The maximum absolute atomic E-state index is 6.49. The molecule has 2 aromatic rings. The molecule has 1 atom stereocenters. The van der Waals surface area contributed by atoms with Gasteiger partial charge in [0, 0.05) is 29.8 Å². The van der Waals surface area contributed by atoms with Crippen LogP contribution in [-0.2, 0) is 4.74 Å². The van der Waals surface area contributed by atoms with E-state index in [0.717, 1.165) is 54.9 Å². The lowest BCUT2D eigenvalue weighted by atomic mass is 9.83. The van der Waals surface area contributed by atoms with Crippen molar-refractivity contribution in [2.24, 2.45) is 0 Å². The zero-order chi connectivity index (χ0) is 17.8. The molecule has 0 fully saturated rings. The summed E-state index contributed by atoms with van der Waals surface area (Å²) in [4.78, 5) is 4.57. The Morgan fingerprint density at radius 3 is 2.92 bits per heavy atom. The highest BCUT2D eigenvalue weighted by atomic mass is 16.5. The molecule has 0 amide bonds. The Bertz CT molecular complexity index is 823. The SMILES string of the molecule is COc1cccc(C2=CCCCC3=C(CC(c4ccccn4)CC3)O2)c1. The van der Waals surface area contributed by atoms with Crippen molar-refractivity contribution in [3.63, 3.8) is 0 Å². The molecule has 0 saturated heterocycles. The van der Waals surface area contributed by atoms with E-state index in [1.165, 1.54) is 17.7 Å². The van der Waals surface area contributed by atoms with Crippen LogP contribution < -0.4 is 4.74 Å². The topological polar surface area (TPSA) is 31.4 Å². The van der Waals surface area contributed by atoms with Crippen LogP contribution >= 0.6 is 0 Å². The fourth-order valence-corrected chi connectivity index (χ4v) is 3.88. The van der Waals surface area contributed by atoms with Gasteiger partial charge in [0.15, 0.2) is 0 Å². The van der Waals surface area contributed by atoms with Crippen molar-refractivity contribution in [3.05, 3.63) is 77.3 Å². The van der Waals surface area contributed by atoms with Crippen molar-refractivity contribution in [2.45, 2.75) is 44.4 Å². The molecule has 1 aromatic carbocycles. The predicted molar refractivity (Wildman–Crippen MR) is 104 cm³/mol. The van der Waals surface area contributed by atoms with Crippen LogP contribution in [0.4, 0.5) is 0 Å².